The van der Waals surface area contributed by atoms with Crippen molar-refractivity contribution in [3.63, 3.8) is 0 Å². The zero-order chi connectivity index (χ0) is 17.7. The van der Waals surface area contributed by atoms with E-state index in [1.165, 1.54) is 11.1 Å². The zero-order valence-corrected chi connectivity index (χ0v) is 15.1. The van der Waals surface area contributed by atoms with Crippen LogP contribution in [0.25, 0.3) is 0 Å². The minimum atomic E-state index is -0.132. The topological polar surface area (TPSA) is 67.2 Å². The average molecular weight is 329 g/mol. The molecule has 1 atom stereocenters. The molecule has 24 heavy (non-hydrogen) atoms. The highest BCUT2D eigenvalue weighted by molar-refractivity contribution is 5.91. The van der Waals surface area contributed by atoms with Crippen LogP contribution < -0.4 is 10.6 Å². The second kappa shape index (κ2) is 8.11. The fourth-order valence-electron chi connectivity index (χ4n) is 2.64. The summed E-state index contributed by atoms with van der Waals surface area (Å²) >= 11 is 0. The Morgan fingerprint density at radius 2 is 1.75 bits per heavy atom. The molecule has 0 aliphatic rings. The molecule has 130 valence electrons. The lowest BCUT2D eigenvalue weighted by Crippen LogP contribution is -2.33. The average Bonchev–Trinajstić information content (AvgIpc) is 2.92. The number of hydrogen-bond donors (Lipinski definition) is 2. The predicted molar refractivity (Wildman–Crippen MR) is 96.0 cm³/mol. The molecule has 2 aromatic rings. The molecular weight excluding hydrogens is 302 g/mol. The molecule has 1 amide bonds. The van der Waals surface area contributed by atoms with Crippen LogP contribution in [0, 0.1) is 12.8 Å². The van der Waals surface area contributed by atoms with Crippen LogP contribution in [-0.2, 0) is 4.79 Å². The minimum Gasteiger partial charge on any atom is -0.360 e. The van der Waals surface area contributed by atoms with Gasteiger partial charge in [0.15, 0.2) is 5.82 Å². The predicted octanol–water partition coefficient (Wildman–Crippen LogP) is 4.03. The number of hydrogen-bond acceptors (Lipinski definition) is 4. The molecule has 0 fully saturated rings. The van der Waals surface area contributed by atoms with Crippen LogP contribution in [0.5, 0.6) is 0 Å². The van der Waals surface area contributed by atoms with Crippen LogP contribution in [0.1, 0.15) is 56.5 Å². The summed E-state index contributed by atoms with van der Waals surface area (Å²) in [5.74, 6) is 1.87. The highest BCUT2D eigenvalue weighted by Gasteiger charge is 2.17. The third kappa shape index (κ3) is 4.93. The van der Waals surface area contributed by atoms with Crippen molar-refractivity contribution in [3.05, 3.63) is 47.2 Å². The summed E-state index contributed by atoms with van der Waals surface area (Å²) in [6.07, 6.45) is 0. The molecule has 0 saturated carbocycles. The third-order valence-electron chi connectivity index (χ3n) is 4.01. The minimum absolute atomic E-state index is 0.121. The van der Waals surface area contributed by atoms with E-state index >= 15 is 0 Å². The number of nitrogens with zero attached hydrogens (tertiary/aromatic N) is 1. The largest absolute Gasteiger partial charge is 0.360 e. The van der Waals surface area contributed by atoms with E-state index in [0.717, 1.165) is 0 Å². The SMILES string of the molecule is Cc1cc(NC(=O)CN[C@@H](c2ccc(C(C)C)cc2)C(C)C)no1. The Morgan fingerprint density at radius 1 is 1.12 bits per heavy atom. The highest BCUT2D eigenvalue weighted by atomic mass is 16.5. The highest BCUT2D eigenvalue weighted by Crippen LogP contribution is 2.24. The van der Waals surface area contributed by atoms with Gasteiger partial charge >= 0.3 is 0 Å². The van der Waals surface area contributed by atoms with Crippen molar-refractivity contribution in [2.24, 2.45) is 5.92 Å². The van der Waals surface area contributed by atoms with Crippen molar-refractivity contribution in [1.82, 2.24) is 10.5 Å². The van der Waals surface area contributed by atoms with Gasteiger partial charge in [0.05, 0.1) is 6.54 Å². The molecule has 1 heterocycles. The van der Waals surface area contributed by atoms with Gasteiger partial charge < -0.3 is 15.2 Å². The maximum Gasteiger partial charge on any atom is 0.239 e. The van der Waals surface area contributed by atoms with Gasteiger partial charge in [-0.2, -0.15) is 0 Å². The lowest BCUT2D eigenvalue weighted by Gasteiger charge is -2.23. The molecular formula is C19H27N3O2. The normalized spacial score (nSPS) is 12.6. The number of amides is 1. The van der Waals surface area contributed by atoms with Gasteiger partial charge in [0.25, 0.3) is 0 Å². The number of benzene rings is 1. The second-order valence-corrected chi connectivity index (χ2v) is 6.79. The smallest absolute Gasteiger partial charge is 0.239 e. The van der Waals surface area contributed by atoms with Gasteiger partial charge in [0.1, 0.15) is 5.76 Å². The van der Waals surface area contributed by atoms with Crippen molar-refractivity contribution >= 4 is 11.7 Å². The van der Waals surface area contributed by atoms with Crippen molar-refractivity contribution in [1.29, 1.82) is 0 Å². The molecule has 5 nitrogen and oxygen atoms in total. The molecule has 0 bridgehead atoms. The van der Waals surface area contributed by atoms with Crippen LogP contribution in [-0.4, -0.2) is 17.6 Å². The molecule has 0 aliphatic heterocycles. The van der Waals surface area contributed by atoms with E-state index in [2.05, 4.69) is 67.8 Å². The van der Waals surface area contributed by atoms with Crippen LogP contribution in [0.3, 0.4) is 0 Å². The lowest BCUT2D eigenvalue weighted by atomic mass is 9.93. The van der Waals surface area contributed by atoms with Crippen LogP contribution in [0.2, 0.25) is 0 Å². The van der Waals surface area contributed by atoms with E-state index in [-0.39, 0.29) is 18.5 Å². The van der Waals surface area contributed by atoms with Crippen molar-refractivity contribution in [2.45, 2.75) is 46.6 Å². The van der Waals surface area contributed by atoms with Gasteiger partial charge in [0.2, 0.25) is 5.91 Å². The Morgan fingerprint density at radius 3 is 2.25 bits per heavy atom. The Bertz CT molecular complexity index is 660. The summed E-state index contributed by atoms with van der Waals surface area (Å²) in [5.41, 5.74) is 2.51. The van der Waals surface area contributed by atoms with E-state index in [1.807, 2.05) is 0 Å². The molecule has 1 aromatic heterocycles. The van der Waals surface area contributed by atoms with Gasteiger partial charge in [-0.25, -0.2) is 0 Å². The summed E-state index contributed by atoms with van der Waals surface area (Å²) in [6.45, 7) is 10.7. The molecule has 2 rings (SSSR count). The molecule has 1 aromatic carbocycles. The first-order valence-electron chi connectivity index (χ1n) is 8.43. The van der Waals surface area contributed by atoms with E-state index < -0.39 is 0 Å². The number of aromatic nitrogens is 1. The van der Waals surface area contributed by atoms with Gasteiger partial charge in [-0.05, 0) is 29.9 Å². The van der Waals surface area contributed by atoms with Gasteiger partial charge in [-0.1, -0.05) is 57.1 Å². The Kier molecular flexibility index (Phi) is 6.15. The summed E-state index contributed by atoms with van der Waals surface area (Å²) in [4.78, 5) is 12.1. The summed E-state index contributed by atoms with van der Waals surface area (Å²) in [7, 11) is 0. The van der Waals surface area contributed by atoms with E-state index in [4.69, 9.17) is 4.52 Å². The van der Waals surface area contributed by atoms with Crippen molar-refractivity contribution in [2.75, 3.05) is 11.9 Å². The van der Waals surface area contributed by atoms with Crippen LogP contribution in [0.4, 0.5) is 5.82 Å². The molecule has 0 aliphatic carbocycles. The van der Waals surface area contributed by atoms with Crippen LogP contribution >= 0.6 is 0 Å². The number of aryl methyl sites for hydroxylation is 1. The van der Waals surface area contributed by atoms with Crippen molar-refractivity contribution in [3.8, 4) is 0 Å². The van der Waals surface area contributed by atoms with E-state index in [9.17, 15) is 4.79 Å². The third-order valence-corrected chi connectivity index (χ3v) is 4.01. The molecule has 0 spiro atoms. The van der Waals surface area contributed by atoms with Crippen LogP contribution in [0.15, 0.2) is 34.9 Å². The first-order chi connectivity index (χ1) is 11.4. The van der Waals surface area contributed by atoms with Gasteiger partial charge in [0, 0.05) is 12.1 Å². The fraction of sp³-hybridized carbons (Fsp3) is 0.474. The zero-order valence-electron chi connectivity index (χ0n) is 15.1. The molecule has 0 unspecified atom stereocenters. The first kappa shape index (κ1) is 18.2. The van der Waals surface area contributed by atoms with Crippen molar-refractivity contribution < 1.29 is 9.32 Å². The van der Waals surface area contributed by atoms with Gasteiger partial charge in [-0.15, -0.1) is 0 Å². The van der Waals surface area contributed by atoms with E-state index in [0.29, 0.717) is 23.4 Å². The molecule has 2 N–H and O–H groups in total. The standard InChI is InChI=1S/C19H27N3O2/c1-12(2)15-6-8-16(9-7-15)19(13(3)4)20-11-18(23)21-17-10-14(5)24-22-17/h6-10,12-13,19-20H,11H2,1-5H3,(H,21,22,23)/t19-/m1/s1. The summed E-state index contributed by atoms with van der Waals surface area (Å²) in [5, 5.41) is 9.83. The Balaban J connectivity index is 1.96. The molecule has 0 saturated heterocycles. The fourth-order valence-corrected chi connectivity index (χ4v) is 2.64. The van der Waals surface area contributed by atoms with Gasteiger partial charge in [-0.3, -0.25) is 4.79 Å². The lowest BCUT2D eigenvalue weighted by molar-refractivity contribution is -0.115. The number of carbonyl (C=O) groups is 1. The first-order valence-corrected chi connectivity index (χ1v) is 8.43. The quantitative estimate of drug-likeness (QED) is 0.805. The summed E-state index contributed by atoms with van der Waals surface area (Å²) < 4.78 is 4.94. The Labute approximate surface area is 143 Å². The Hall–Kier alpha value is -2.14. The maximum atomic E-state index is 12.1. The molecule has 5 heteroatoms. The van der Waals surface area contributed by atoms with E-state index in [1.54, 1.807) is 13.0 Å². The maximum absolute atomic E-state index is 12.1. The monoisotopic (exact) mass is 329 g/mol. The number of rotatable bonds is 7. The second-order valence-electron chi connectivity index (χ2n) is 6.79. The summed E-state index contributed by atoms with van der Waals surface area (Å²) in [6, 6.07) is 10.4. The number of anilines is 1. The number of carbonyl (C=O) groups excluding carboxylic acids is 1. The molecule has 0 radical (unpaired) electrons. The number of nitrogens with one attached hydrogen (secondary N) is 2.